The van der Waals surface area contributed by atoms with E-state index in [0.717, 1.165) is 44.9 Å². The highest BCUT2D eigenvalue weighted by atomic mass is 16.6. The Morgan fingerprint density at radius 3 is 1.67 bits per heavy atom. The molecule has 0 aromatic rings. The highest BCUT2D eigenvalue weighted by molar-refractivity contribution is 5.77. The maximum absolute atomic E-state index is 12.5. The van der Waals surface area contributed by atoms with Gasteiger partial charge in [-0.1, -0.05) is 46.5 Å². The summed E-state index contributed by atoms with van der Waals surface area (Å²) in [6, 6.07) is 0. The third-order valence-corrected chi connectivity index (χ3v) is 3.53. The Kier molecular flexibility index (Phi) is 7.58. The van der Waals surface area contributed by atoms with Crippen LogP contribution in [0, 0.1) is 5.41 Å². The summed E-state index contributed by atoms with van der Waals surface area (Å²) in [4.78, 5) is 12.5. The van der Waals surface area contributed by atoms with E-state index in [-0.39, 0.29) is 17.0 Å². The van der Waals surface area contributed by atoms with Gasteiger partial charge in [-0.2, -0.15) is 0 Å². The molecule has 0 rings (SSSR count). The molecule has 18 heavy (non-hydrogen) atoms. The van der Waals surface area contributed by atoms with Crippen molar-refractivity contribution in [2.75, 3.05) is 0 Å². The highest BCUT2D eigenvalue weighted by Gasteiger charge is 2.38. The number of hydrogen-bond acceptors (Lipinski definition) is 2. The van der Waals surface area contributed by atoms with Crippen molar-refractivity contribution < 1.29 is 9.53 Å². The van der Waals surface area contributed by atoms with E-state index in [2.05, 4.69) is 20.8 Å². The van der Waals surface area contributed by atoms with Gasteiger partial charge in [0.15, 0.2) is 0 Å². The van der Waals surface area contributed by atoms with Gasteiger partial charge in [0.2, 0.25) is 0 Å². The van der Waals surface area contributed by atoms with Crippen LogP contribution in [-0.2, 0) is 9.53 Å². The lowest BCUT2D eigenvalue weighted by molar-refractivity contribution is -0.169. The largest absolute Gasteiger partial charge is 0.460 e. The molecule has 0 amide bonds. The molecule has 2 heteroatoms. The monoisotopic (exact) mass is 256 g/mol. The Labute approximate surface area is 113 Å². The number of carbonyl (C=O) groups excluding carboxylic acids is 1. The lowest BCUT2D eigenvalue weighted by Crippen LogP contribution is -2.37. The second kappa shape index (κ2) is 7.81. The van der Waals surface area contributed by atoms with Crippen LogP contribution in [0.3, 0.4) is 0 Å². The van der Waals surface area contributed by atoms with Gasteiger partial charge < -0.3 is 4.74 Å². The predicted molar refractivity (Wildman–Crippen MR) is 77.6 cm³/mol. The minimum absolute atomic E-state index is 0.0133. The van der Waals surface area contributed by atoms with Crippen LogP contribution in [0.4, 0.5) is 0 Å². The van der Waals surface area contributed by atoms with E-state index >= 15 is 0 Å². The molecule has 0 saturated carbocycles. The second-order valence-corrected chi connectivity index (χ2v) is 6.34. The lowest BCUT2D eigenvalue weighted by atomic mass is 9.76. The summed E-state index contributed by atoms with van der Waals surface area (Å²) in [7, 11) is 0. The standard InChI is InChI=1S/C16H32O2/c1-7-10-12-16(9-3,13-11-8-2)14(17)18-15(4,5)6/h7-13H2,1-6H3. The first-order valence-corrected chi connectivity index (χ1v) is 7.54. The number of rotatable bonds is 8. The molecule has 0 saturated heterocycles. The smallest absolute Gasteiger partial charge is 0.312 e. The van der Waals surface area contributed by atoms with Gasteiger partial charge in [0.25, 0.3) is 0 Å². The summed E-state index contributed by atoms with van der Waals surface area (Å²) in [5.74, 6) is 0.0133. The van der Waals surface area contributed by atoms with Crippen LogP contribution < -0.4 is 0 Å². The first-order valence-electron chi connectivity index (χ1n) is 7.54. The predicted octanol–water partition coefficient (Wildman–Crippen LogP) is 5.10. The summed E-state index contributed by atoms with van der Waals surface area (Å²) >= 11 is 0. The van der Waals surface area contributed by atoms with Crippen LogP contribution in [0.5, 0.6) is 0 Å². The SMILES string of the molecule is CCCCC(CC)(CCCC)C(=O)OC(C)(C)C. The molecule has 0 N–H and O–H groups in total. The molecule has 0 atom stereocenters. The van der Waals surface area contributed by atoms with Gasteiger partial charge in [-0.05, 0) is 40.0 Å². The van der Waals surface area contributed by atoms with E-state index < -0.39 is 0 Å². The molecular weight excluding hydrogens is 224 g/mol. The number of hydrogen-bond donors (Lipinski definition) is 0. The average molecular weight is 256 g/mol. The zero-order chi connectivity index (χ0) is 14.2. The van der Waals surface area contributed by atoms with Gasteiger partial charge in [0.1, 0.15) is 5.60 Å². The maximum Gasteiger partial charge on any atom is 0.312 e. The molecule has 0 aliphatic heterocycles. The molecule has 0 bridgehead atoms. The van der Waals surface area contributed by atoms with Gasteiger partial charge in [-0.25, -0.2) is 0 Å². The van der Waals surface area contributed by atoms with Crippen molar-refractivity contribution in [1.82, 2.24) is 0 Å². The van der Waals surface area contributed by atoms with Crippen LogP contribution in [0.2, 0.25) is 0 Å². The van der Waals surface area contributed by atoms with E-state index in [4.69, 9.17) is 4.74 Å². The Balaban J connectivity index is 4.84. The molecule has 108 valence electrons. The van der Waals surface area contributed by atoms with Crippen molar-refractivity contribution in [2.45, 2.75) is 92.1 Å². The third kappa shape index (κ3) is 5.88. The Morgan fingerprint density at radius 1 is 0.944 bits per heavy atom. The Bertz CT molecular complexity index is 230. The first kappa shape index (κ1) is 17.5. The lowest BCUT2D eigenvalue weighted by Gasteiger charge is -2.34. The van der Waals surface area contributed by atoms with E-state index in [1.165, 1.54) is 0 Å². The molecule has 0 radical (unpaired) electrons. The molecule has 0 aromatic carbocycles. The summed E-state index contributed by atoms with van der Waals surface area (Å²) < 4.78 is 5.65. The van der Waals surface area contributed by atoms with Crippen molar-refractivity contribution in [3.63, 3.8) is 0 Å². The quantitative estimate of drug-likeness (QED) is 0.564. The van der Waals surface area contributed by atoms with Crippen LogP contribution in [0.15, 0.2) is 0 Å². The molecule has 2 nitrogen and oxygen atoms in total. The third-order valence-electron chi connectivity index (χ3n) is 3.53. The van der Waals surface area contributed by atoms with E-state index in [1.807, 2.05) is 20.8 Å². The Morgan fingerprint density at radius 2 is 1.39 bits per heavy atom. The molecule has 0 aromatic heterocycles. The number of esters is 1. The Hall–Kier alpha value is -0.530. The van der Waals surface area contributed by atoms with Gasteiger partial charge >= 0.3 is 5.97 Å². The zero-order valence-electron chi connectivity index (χ0n) is 13.3. The van der Waals surface area contributed by atoms with Crippen LogP contribution in [0.25, 0.3) is 0 Å². The van der Waals surface area contributed by atoms with Crippen LogP contribution in [0.1, 0.15) is 86.5 Å². The highest BCUT2D eigenvalue weighted by Crippen LogP contribution is 2.37. The molecule has 0 aliphatic carbocycles. The number of ether oxygens (including phenoxy) is 1. The van der Waals surface area contributed by atoms with E-state index in [1.54, 1.807) is 0 Å². The normalized spacial score (nSPS) is 12.6. The summed E-state index contributed by atoms with van der Waals surface area (Å²) in [5, 5.41) is 0. The van der Waals surface area contributed by atoms with Crippen LogP contribution >= 0.6 is 0 Å². The maximum atomic E-state index is 12.5. The molecule has 0 spiro atoms. The minimum atomic E-state index is -0.379. The molecular formula is C16H32O2. The number of unbranched alkanes of at least 4 members (excludes halogenated alkanes) is 2. The van der Waals surface area contributed by atoms with Crippen molar-refractivity contribution >= 4 is 5.97 Å². The van der Waals surface area contributed by atoms with Crippen LogP contribution in [-0.4, -0.2) is 11.6 Å². The van der Waals surface area contributed by atoms with Crippen molar-refractivity contribution in [1.29, 1.82) is 0 Å². The molecule has 0 aliphatic rings. The van der Waals surface area contributed by atoms with Gasteiger partial charge in [-0.3, -0.25) is 4.79 Å². The second-order valence-electron chi connectivity index (χ2n) is 6.34. The van der Waals surface area contributed by atoms with Crippen molar-refractivity contribution in [3.05, 3.63) is 0 Å². The summed E-state index contributed by atoms with van der Waals surface area (Å²) in [6.07, 6.45) is 7.31. The number of carbonyl (C=O) groups is 1. The molecule has 0 heterocycles. The van der Waals surface area contributed by atoms with Crippen molar-refractivity contribution in [2.24, 2.45) is 5.41 Å². The van der Waals surface area contributed by atoms with Gasteiger partial charge in [-0.15, -0.1) is 0 Å². The summed E-state index contributed by atoms with van der Waals surface area (Å²) in [5.41, 5.74) is -0.630. The minimum Gasteiger partial charge on any atom is -0.460 e. The molecule has 0 fully saturated rings. The average Bonchev–Trinajstić information content (AvgIpc) is 2.27. The van der Waals surface area contributed by atoms with E-state index in [0.29, 0.717) is 0 Å². The van der Waals surface area contributed by atoms with Gasteiger partial charge in [0.05, 0.1) is 5.41 Å². The van der Waals surface area contributed by atoms with Crippen molar-refractivity contribution in [3.8, 4) is 0 Å². The zero-order valence-corrected chi connectivity index (χ0v) is 13.3. The fourth-order valence-electron chi connectivity index (χ4n) is 2.24. The summed E-state index contributed by atoms with van der Waals surface area (Å²) in [6.45, 7) is 12.3. The first-order chi connectivity index (χ1) is 8.31. The topological polar surface area (TPSA) is 26.3 Å². The fourth-order valence-corrected chi connectivity index (χ4v) is 2.24. The fraction of sp³-hybridized carbons (Fsp3) is 0.938. The molecule has 0 unspecified atom stereocenters. The van der Waals surface area contributed by atoms with Gasteiger partial charge in [0, 0.05) is 0 Å². The van der Waals surface area contributed by atoms with E-state index in [9.17, 15) is 4.79 Å².